The van der Waals surface area contributed by atoms with E-state index in [-0.39, 0.29) is 12.1 Å². The standard InChI is InChI=1S/C18H16O4/c1-21-18(20)13-4-2-12(3-5-13)14-7-9-17-15(10-14)6-8-16(11-19)22-17/h2-5,7,9-11,16H,6,8H2,1H3. The van der Waals surface area contributed by atoms with Crippen LogP contribution in [0.15, 0.2) is 42.5 Å². The average molecular weight is 296 g/mol. The van der Waals surface area contributed by atoms with Gasteiger partial charge in [-0.1, -0.05) is 18.2 Å². The highest BCUT2D eigenvalue weighted by molar-refractivity contribution is 5.90. The first-order valence-electron chi connectivity index (χ1n) is 7.15. The van der Waals surface area contributed by atoms with Crippen LogP contribution < -0.4 is 4.74 Å². The Balaban J connectivity index is 1.87. The number of aldehydes is 1. The second kappa shape index (κ2) is 6.02. The molecule has 1 unspecified atom stereocenters. The van der Waals surface area contributed by atoms with Crippen LogP contribution in [0.25, 0.3) is 11.1 Å². The van der Waals surface area contributed by atoms with Gasteiger partial charge in [0.1, 0.15) is 5.75 Å². The lowest BCUT2D eigenvalue weighted by atomic mass is 9.97. The maximum Gasteiger partial charge on any atom is 0.337 e. The minimum atomic E-state index is -0.342. The summed E-state index contributed by atoms with van der Waals surface area (Å²) in [6, 6.07) is 13.2. The first-order chi connectivity index (χ1) is 10.7. The number of rotatable bonds is 3. The Morgan fingerprint density at radius 3 is 2.59 bits per heavy atom. The zero-order valence-electron chi connectivity index (χ0n) is 12.2. The molecule has 1 atom stereocenters. The van der Waals surface area contributed by atoms with Crippen molar-refractivity contribution < 1.29 is 19.1 Å². The molecule has 0 fully saturated rings. The number of methoxy groups -OCH3 is 1. The van der Waals surface area contributed by atoms with Gasteiger partial charge in [-0.2, -0.15) is 0 Å². The van der Waals surface area contributed by atoms with Gasteiger partial charge < -0.3 is 9.47 Å². The molecule has 0 saturated carbocycles. The topological polar surface area (TPSA) is 52.6 Å². The van der Waals surface area contributed by atoms with Gasteiger partial charge in [0.15, 0.2) is 12.4 Å². The molecule has 3 rings (SSSR count). The molecule has 0 N–H and O–H groups in total. The van der Waals surface area contributed by atoms with E-state index in [0.717, 1.165) is 35.1 Å². The number of benzene rings is 2. The summed E-state index contributed by atoms with van der Waals surface area (Å²) in [7, 11) is 1.37. The predicted molar refractivity (Wildman–Crippen MR) is 82.0 cm³/mol. The van der Waals surface area contributed by atoms with Gasteiger partial charge in [0.05, 0.1) is 12.7 Å². The average Bonchev–Trinajstić information content (AvgIpc) is 2.60. The number of esters is 1. The molecule has 0 aliphatic carbocycles. The van der Waals surface area contributed by atoms with Gasteiger partial charge in [0, 0.05) is 0 Å². The second-order valence-electron chi connectivity index (χ2n) is 5.22. The molecule has 0 bridgehead atoms. The van der Waals surface area contributed by atoms with E-state index in [9.17, 15) is 9.59 Å². The van der Waals surface area contributed by atoms with Crippen molar-refractivity contribution in [2.45, 2.75) is 18.9 Å². The molecule has 22 heavy (non-hydrogen) atoms. The van der Waals surface area contributed by atoms with Crippen LogP contribution in [-0.2, 0) is 16.0 Å². The number of ether oxygens (including phenoxy) is 2. The van der Waals surface area contributed by atoms with E-state index in [1.807, 2.05) is 24.3 Å². The predicted octanol–water partition coefficient (Wildman–Crippen LogP) is 3.03. The summed E-state index contributed by atoms with van der Waals surface area (Å²) in [4.78, 5) is 22.3. The Kier molecular flexibility index (Phi) is 3.92. The molecule has 4 nitrogen and oxygen atoms in total. The molecule has 0 saturated heterocycles. The maximum absolute atomic E-state index is 11.4. The van der Waals surface area contributed by atoms with E-state index in [1.165, 1.54) is 7.11 Å². The van der Waals surface area contributed by atoms with Crippen molar-refractivity contribution in [3.63, 3.8) is 0 Å². The number of carbonyl (C=O) groups excluding carboxylic acids is 2. The maximum atomic E-state index is 11.4. The van der Waals surface area contributed by atoms with Gasteiger partial charge in [-0.25, -0.2) is 4.79 Å². The fourth-order valence-corrected chi connectivity index (χ4v) is 2.60. The smallest absolute Gasteiger partial charge is 0.337 e. The van der Waals surface area contributed by atoms with Gasteiger partial charge in [0.25, 0.3) is 0 Å². The third kappa shape index (κ3) is 2.72. The van der Waals surface area contributed by atoms with Crippen LogP contribution in [0.4, 0.5) is 0 Å². The lowest BCUT2D eigenvalue weighted by Gasteiger charge is -2.22. The van der Waals surface area contributed by atoms with Gasteiger partial charge in [-0.15, -0.1) is 0 Å². The van der Waals surface area contributed by atoms with E-state index >= 15 is 0 Å². The van der Waals surface area contributed by atoms with Crippen LogP contribution in [0.5, 0.6) is 5.75 Å². The summed E-state index contributed by atoms with van der Waals surface area (Å²) >= 11 is 0. The van der Waals surface area contributed by atoms with Crippen LogP contribution in [0.3, 0.4) is 0 Å². The van der Waals surface area contributed by atoms with Crippen LogP contribution in [-0.4, -0.2) is 25.5 Å². The number of carbonyl (C=O) groups is 2. The van der Waals surface area contributed by atoms with Crippen LogP contribution in [0.1, 0.15) is 22.3 Å². The number of fused-ring (bicyclic) bond motifs is 1. The van der Waals surface area contributed by atoms with Crippen molar-refractivity contribution in [3.05, 3.63) is 53.6 Å². The van der Waals surface area contributed by atoms with Crippen LogP contribution in [0, 0.1) is 0 Å². The molecule has 0 amide bonds. The second-order valence-corrected chi connectivity index (χ2v) is 5.22. The summed E-state index contributed by atoms with van der Waals surface area (Å²) in [5.74, 6) is 0.434. The first kappa shape index (κ1) is 14.3. The Hall–Kier alpha value is -2.62. The lowest BCUT2D eigenvalue weighted by molar-refractivity contribution is -0.114. The van der Waals surface area contributed by atoms with E-state index < -0.39 is 0 Å². The molecule has 4 heteroatoms. The molecule has 1 aliphatic rings. The lowest BCUT2D eigenvalue weighted by Crippen LogP contribution is -2.23. The van der Waals surface area contributed by atoms with Crippen LogP contribution in [0.2, 0.25) is 0 Å². The number of hydrogen-bond acceptors (Lipinski definition) is 4. The fraction of sp³-hybridized carbons (Fsp3) is 0.222. The van der Waals surface area contributed by atoms with Gasteiger partial charge >= 0.3 is 5.97 Å². The molecule has 2 aromatic rings. The first-order valence-corrected chi connectivity index (χ1v) is 7.15. The molecule has 112 valence electrons. The van der Waals surface area contributed by atoms with Crippen molar-refractivity contribution in [2.75, 3.05) is 7.11 Å². The molecule has 0 aromatic heterocycles. The van der Waals surface area contributed by atoms with Crippen molar-refractivity contribution in [3.8, 4) is 16.9 Å². The highest BCUT2D eigenvalue weighted by Crippen LogP contribution is 2.31. The Labute approximate surface area is 128 Å². The Morgan fingerprint density at radius 1 is 1.18 bits per heavy atom. The normalized spacial score (nSPS) is 16.3. The highest BCUT2D eigenvalue weighted by atomic mass is 16.5. The molecule has 1 aliphatic heterocycles. The van der Waals surface area contributed by atoms with Gasteiger partial charge in [-0.3, -0.25) is 4.79 Å². The van der Waals surface area contributed by atoms with E-state index in [1.54, 1.807) is 12.1 Å². The van der Waals surface area contributed by atoms with E-state index in [0.29, 0.717) is 12.0 Å². The Morgan fingerprint density at radius 2 is 1.91 bits per heavy atom. The van der Waals surface area contributed by atoms with Gasteiger partial charge in [-0.05, 0) is 53.8 Å². The largest absolute Gasteiger partial charge is 0.483 e. The number of hydrogen-bond donors (Lipinski definition) is 0. The monoisotopic (exact) mass is 296 g/mol. The summed E-state index contributed by atoms with van der Waals surface area (Å²) in [5, 5.41) is 0. The zero-order chi connectivity index (χ0) is 15.5. The molecule has 0 spiro atoms. The van der Waals surface area contributed by atoms with Crippen molar-refractivity contribution >= 4 is 12.3 Å². The number of aryl methyl sites for hydroxylation is 1. The summed E-state index contributed by atoms with van der Waals surface area (Å²) in [6.07, 6.45) is 2.05. The quantitative estimate of drug-likeness (QED) is 0.645. The Bertz CT molecular complexity index is 704. The minimum absolute atomic E-state index is 0.335. The molecule has 0 radical (unpaired) electrons. The third-order valence-corrected chi connectivity index (χ3v) is 3.83. The van der Waals surface area contributed by atoms with E-state index in [4.69, 9.17) is 9.47 Å². The highest BCUT2D eigenvalue weighted by Gasteiger charge is 2.19. The van der Waals surface area contributed by atoms with Crippen molar-refractivity contribution in [1.82, 2.24) is 0 Å². The van der Waals surface area contributed by atoms with Gasteiger partial charge in [0.2, 0.25) is 0 Å². The van der Waals surface area contributed by atoms with Crippen molar-refractivity contribution in [1.29, 1.82) is 0 Å². The molecule has 2 aromatic carbocycles. The van der Waals surface area contributed by atoms with E-state index in [2.05, 4.69) is 6.07 Å². The summed E-state index contributed by atoms with van der Waals surface area (Å²) in [5.41, 5.74) is 3.71. The molecular formula is C18H16O4. The summed E-state index contributed by atoms with van der Waals surface area (Å²) in [6.45, 7) is 0. The SMILES string of the molecule is COC(=O)c1ccc(-c2ccc3c(c2)CCC(C=O)O3)cc1. The fourth-order valence-electron chi connectivity index (χ4n) is 2.60. The van der Waals surface area contributed by atoms with Crippen LogP contribution >= 0.6 is 0 Å². The zero-order valence-corrected chi connectivity index (χ0v) is 12.2. The molecule has 1 heterocycles. The summed E-state index contributed by atoms with van der Waals surface area (Å²) < 4.78 is 10.3. The molecular weight excluding hydrogens is 280 g/mol. The third-order valence-electron chi connectivity index (χ3n) is 3.83. The van der Waals surface area contributed by atoms with Crippen molar-refractivity contribution in [2.24, 2.45) is 0 Å². The minimum Gasteiger partial charge on any atom is -0.483 e.